The molecule has 0 unspecified atom stereocenters. The Kier molecular flexibility index (Phi) is 6.53. The van der Waals surface area contributed by atoms with Gasteiger partial charge in [0.2, 0.25) is 0 Å². The van der Waals surface area contributed by atoms with E-state index in [1.54, 1.807) is 61.7 Å². The fourth-order valence-electron chi connectivity index (χ4n) is 3.18. The molecule has 0 aliphatic heterocycles. The molecule has 7 nitrogen and oxygen atoms in total. The number of furan rings is 1. The van der Waals surface area contributed by atoms with Crippen LogP contribution in [0.25, 0.3) is 17.3 Å². The summed E-state index contributed by atoms with van der Waals surface area (Å²) >= 11 is 1.09. The standard InChI is InChI=1S/C25H19N3O4S/c1-31-19-11-9-17(10-12-19)14-22-24(30)28(18-6-3-2-4-7-18)25(33-22)21(15-26)23(29)27-16-20-8-5-13-32-20/h2-14H,16H2,1H3,(H,27,29)/b22-14+,25-21-. The summed E-state index contributed by atoms with van der Waals surface area (Å²) in [4.78, 5) is 26.2. The number of nitriles is 1. The van der Waals surface area contributed by atoms with E-state index in [4.69, 9.17) is 9.15 Å². The Labute approximate surface area is 193 Å². The van der Waals surface area contributed by atoms with Crippen LogP contribution < -0.4 is 24.8 Å². The van der Waals surface area contributed by atoms with Crippen molar-refractivity contribution >= 4 is 28.9 Å². The lowest BCUT2D eigenvalue weighted by Crippen LogP contribution is -2.33. The molecule has 8 heteroatoms. The van der Waals surface area contributed by atoms with E-state index in [1.807, 2.05) is 24.3 Å². The number of nitrogens with zero attached hydrogens (tertiary/aromatic N) is 2. The molecule has 0 saturated carbocycles. The lowest BCUT2D eigenvalue weighted by Gasteiger charge is -2.04. The number of hydrogen-bond acceptors (Lipinski definition) is 6. The number of aromatic nitrogens is 1. The molecule has 164 valence electrons. The highest BCUT2D eigenvalue weighted by molar-refractivity contribution is 7.07. The van der Waals surface area contributed by atoms with Gasteiger partial charge < -0.3 is 14.5 Å². The second kappa shape index (κ2) is 9.85. The lowest BCUT2D eigenvalue weighted by atomic mass is 10.2. The number of carbonyl (C=O) groups is 1. The number of carbonyl (C=O) groups excluding carboxylic acids is 1. The minimum atomic E-state index is -0.587. The van der Waals surface area contributed by atoms with Crippen LogP contribution in [0.1, 0.15) is 11.3 Å². The molecule has 0 aliphatic rings. The van der Waals surface area contributed by atoms with Gasteiger partial charge in [-0.25, -0.2) is 0 Å². The van der Waals surface area contributed by atoms with Gasteiger partial charge in [0.05, 0.1) is 30.1 Å². The minimum absolute atomic E-state index is 0.128. The normalized spacial score (nSPS) is 12.2. The fraction of sp³-hybridized carbons (Fsp3) is 0.0800. The van der Waals surface area contributed by atoms with Crippen molar-refractivity contribution in [3.05, 3.63) is 104 Å². The smallest absolute Gasteiger partial charge is 0.273 e. The minimum Gasteiger partial charge on any atom is -0.497 e. The molecule has 33 heavy (non-hydrogen) atoms. The first-order valence-electron chi connectivity index (χ1n) is 9.98. The summed E-state index contributed by atoms with van der Waals surface area (Å²) in [7, 11) is 1.58. The molecule has 0 saturated heterocycles. The van der Waals surface area contributed by atoms with E-state index in [9.17, 15) is 14.9 Å². The van der Waals surface area contributed by atoms with Gasteiger partial charge in [-0.05, 0) is 48.0 Å². The largest absolute Gasteiger partial charge is 0.497 e. The predicted molar refractivity (Wildman–Crippen MR) is 125 cm³/mol. The third-order valence-corrected chi connectivity index (χ3v) is 5.90. The van der Waals surface area contributed by atoms with Gasteiger partial charge in [0.25, 0.3) is 11.5 Å². The van der Waals surface area contributed by atoms with E-state index in [1.165, 1.54) is 10.8 Å². The Morgan fingerprint density at radius 3 is 2.55 bits per heavy atom. The van der Waals surface area contributed by atoms with Crippen LogP contribution in [0.2, 0.25) is 0 Å². The van der Waals surface area contributed by atoms with Gasteiger partial charge in [0, 0.05) is 0 Å². The van der Waals surface area contributed by atoms with Crippen LogP contribution in [-0.4, -0.2) is 17.6 Å². The lowest BCUT2D eigenvalue weighted by molar-refractivity contribution is -0.115. The van der Waals surface area contributed by atoms with E-state index >= 15 is 0 Å². The van der Waals surface area contributed by atoms with Crippen molar-refractivity contribution in [3.8, 4) is 17.5 Å². The van der Waals surface area contributed by atoms with Crippen LogP contribution in [0.3, 0.4) is 0 Å². The number of ether oxygens (including phenoxy) is 1. The quantitative estimate of drug-likeness (QED) is 0.479. The summed E-state index contributed by atoms with van der Waals surface area (Å²) in [6.07, 6.45) is 3.23. The molecule has 1 N–H and O–H groups in total. The first-order chi connectivity index (χ1) is 16.1. The van der Waals surface area contributed by atoms with E-state index in [0.29, 0.717) is 21.7 Å². The number of hydrogen-bond donors (Lipinski definition) is 1. The number of methoxy groups -OCH3 is 1. The molecule has 0 bridgehead atoms. The zero-order valence-electron chi connectivity index (χ0n) is 17.6. The highest BCUT2D eigenvalue weighted by Crippen LogP contribution is 2.11. The highest BCUT2D eigenvalue weighted by Gasteiger charge is 2.17. The maximum atomic E-state index is 13.4. The van der Waals surface area contributed by atoms with Crippen LogP contribution >= 0.6 is 11.3 Å². The molecule has 0 atom stereocenters. The molecular formula is C25H19N3O4S. The van der Waals surface area contributed by atoms with Gasteiger partial charge in [0.1, 0.15) is 22.2 Å². The van der Waals surface area contributed by atoms with Crippen molar-refractivity contribution in [2.75, 3.05) is 7.11 Å². The molecular weight excluding hydrogens is 438 g/mol. The van der Waals surface area contributed by atoms with Gasteiger partial charge in [0.15, 0.2) is 5.57 Å². The Bertz CT molecular complexity index is 1480. The van der Waals surface area contributed by atoms with Crippen LogP contribution in [0, 0.1) is 11.3 Å². The van der Waals surface area contributed by atoms with Gasteiger partial charge in [-0.1, -0.05) is 30.3 Å². The number of amides is 1. The maximum Gasteiger partial charge on any atom is 0.273 e. The molecule has 2 heterocycles. The molecule has 2 aromatic heterocycles. The molecule has 0 aliphatic carbocycles. The second-order valence-electron chi connectivity index (χ2n) is 6.91. The topological polar surface area (TPSA) is 97.3 Å². The summed E-state index contributed by atoms with van der Waals surface area (Å²) in [5.41, 5.74) is 0.891. The zero-order chi connectivity index (χ0) is 23.2. The van der Waals surface area contributed by atoms with Crippen molar-refractivity contribution in [3.63, 3.8) is 0 Å². The third kappa shape index (κ3) is 4.79. The number of rotatable bonds is 6. The van der Waals surface area contributed by atoms with E-state index in [-0.39, 0.29) is 22.3 Å². The predicted octanol–water partition coefficient (Wildman–Crippen LogP) is 2.32. The number of thiazole rings is 1. The SMILES string of the molecule is COc1ccc(/C=c2/s/c(=C(/C#N)C(=O)NCc3ccco3)n(-c3ccccc3)c2=O)cc1. The van der Waals surface area contributed by atoms with Crippen LogP contribution in [0.5, 0.6) is 5.75 Å². The van der Waals surface area contributed by atoms with E-state index < -0.39 is 5.91 Å². The van der Waals surface area contributed by atoms with E-state index in [2.05, 4.69) is 5.32 Å². The van der Waals surface area contributed by atoms with Crippen molar-refractivity contribution in [2.24, 2.45) is 0 Å². The molecule has 1 amide bonds. The summed E-state index contributed by atoms with van der Waals surface area (Å²) in [6.45, 7) is 0.128. The first-order valence-corrected chi connectivity index (χ1v) is 10.8. The average molecular weight is 458 g/mol. The molecule has 0 spiro atoms. The molecule has 4 aromatic rings. The number of benzene rings is 2. The van der Waals surface area contributed by atoms with Crippen LogP contribution in [0.15, 0.2) is 82.2 Å². The first kappa shape index (κ1) is 21.9. The van der Waals surface area contributed by atoms with Gasteiger partial charge >= 0.3 is 0 Å². The third-order valence-electron chi connectivity index (χ3n) is 4.81. The van der Waals surface area contributed by atoms with Gasteiger partial charge in [-0.2, -0.15) is 5.26 Å². The van der Waals surface area contributed by atoms with Crippen molar-refractivity contribution < 1.29 is 13.9 Å². The summed E-state index contributed by atoms with van der Waals surface area (Å²) in [6, 6.07) is 21.6. The zero-order valence-corrected chi connectivity index (χ0v) is 18.5. The highest BCUT2D eigenvalue weighted by atomic mass is 32.1. The summed E-state index contributed by atoms with van der Waals surface area (Å²) < 4.78 is 12.5. The molecule has 2 aromatic carbocycles. The average Bonchev–Trinajstić information content (AvgIpc) is 3.48. The van der Waals surface area contributed by atoms with Crippen molar-refractivity contribution in [1.82, 2.24) is 9.88 Å². The summed E-state index contributed by atoms with van der Waals surface area (Å²) in [5, 5.41) is 12.5. The molecule has 4 rings (SSSR count). The molecule has 0 fully saturated rings. The summed E-state index contributed by atoms with van der Waals surface area (Å²) in [5.74, 6) is 0.672. The van der Waals surface area contributed by atoms with Crippen molar-refractivity contribution in [2.45, 2.75) is 6.54 Å². The maximum absolute atomic E-state index is 13.4. The Hall–Kier alpha value is -4.35. The van der Waals surface area contributed by atoms with Gasteiger partial charge in [-0.15, -0.1) is 11.3 Å². The van der Waals surface area contributed by atoms with Crippen LogP contribution in [-0.2, 0) is 11.3 Å². The Morgan fingerprint density at radius 1 is 1.15 bits per heavy atom. The Balaban J connectivity index is 1.87. The number of para-hydroxylation sites is 1. The number of nitrogens with one attached hydrogen (secondary N) is 1. The van der Waals surface area contributed by atoms with Gasteiger partial charge in [-0.3, -0.25) is 14.2 Å². The molecule has 0 radical (unpaired) electrons. The van der Waals surface area contributed by atoms with Crippen LogP contribution in [0.4, 0.5) is 0 Å². The van der Waals surface area contributed by atoms with Crippen molar-refractivity contribution in [1.29, 1.82) is 5.26 Å². The monoisotopic (exact) mass is 457 g/mol. The fourth-order valence-corrected chi connectivity index (χ4v) is 4.28. The van der Waals surface area contributed by atoms with E-state index in [0.717, 1.165) is 16.9 Å². The second-order valence-corrected chi connectivity index (χ2v) is 7.94. The Morgan fingerprint density at radius 2 is 1.91 bits per heavy atom.